The zero-order valence-electron chi connectivity index (χ0n) is 11.8. The van der Waals surface area contributed by atoms with E-state index in [1.54, 1.807) is 0 Å². The molecule has 21 heavy (non-hydrogen) atoms. The van der Waals surface area contributed by atoms with Crippen molar-refractivity contribution >= 4 is 17.3 Å². The van der Waals surface area contributed by atoms with Gasteiger partial charge in [-0.1, -0.05) is 11.6 Å². The van der Waals surface area contributed by atoms with Crippen molar-refractivity contribution in [2.75, 3.05) is 5.32 Å². The van der Waals surface area contributed by atoms with Crippen molar-refractivity contribution in [2.45, 2.75) is 13.0 Å². The van der Waals surface area contributed by atoms with Crippen LogP contribution in [0.2, 0.25) is 5.02 Å². The van der Waals surface area contributed by atoms with Gasteiger partial charge in [0.25, 0.3) is 0 Å². The molecule has 108 valence electrons. The molecule has 10 radical (unpaired) electrons. The third-order valence-electron chi connectivity index (χ3n) is 2.97. The monoisotopic (exact) mass is 339 g/mol. The van der Waals surface area contributed by atoms with Gasteiger partial charge in [0.05, 0.1) is 0 Å². The average molecular weight is 340 g/mol. The minimum atomic E-state index is 0. The molecular formula is C18H18ClFeN+2. The summed E-state index contributed by atoms with van der Waals surface area (Å²) < 4.78 is 0. The quantitative estimate of drug-likeness (QED) is 0.796. The number of benzene rings is 1. The Kier molecular flexibility index (Phi) is 9.47. The van der Waals surface area contributed by atoms with Crippen LogP contribution in [0.3, 0.4) is 0 Å². The molecule has 0 bridgehead atoms. The smallest absolute Gasteiger partial charge is 0.382 e. The summed E-state index contributed by atoms with van der Waals surface area (Å²) in [5.41, 5.74) is 1.09. The summed E-state index contributed by atoms with van der Waals surface area (Å²) in [5.74, 6) is 1.30. The van der Waals surface area contributed by atoms with Gasteiger partial charge in [0.1, 0.15) is 0 Å². The molecule has 1 aromatic rings. The normalized spacial score (nSPS) is 19.3. The SMILES string of the molecule is CC(Nc1ccc(Cl)cc1)[C]1[CH][CH][CH][CH]1.[CH]1[CH][CH][CH][CH]1.[Fe+2]. The van der Waals surface area contributed by atoms with Crippen LogP contribution in [0.5, 0.6) is 0 Å². The molecule has 1 unspecified atom stereocenters. The van der Waals surface area contributed by atoms with Crippen LogP contribution in [0.1, 0.15) is 6.92 Å². The van der Waals surface area contributed by atoms with Crippen LogP contribution in [0.25, 0.3) is 0 Å². The maximum absolute atomic E-state index is 5.82. The third-order valence-corrected chi connectivity index (χ3v) is 3.22. The number of rotatable bonds is 3. The Hall–Kier alpha value is -0.171. The van der Waals surface area contributed by atoms with Crippen molar-refractivity contribution < 1.29 is 17.1 Å². The van der Waals surface area contributed by atoms with E-state index in [0.717, 1.165) is 10.7 Å². The fourth-order valence-electron chi connectivity index (χ4n) is 1.88. The summed E-state index contributed by atoms with van der Waals surface area (Å²) in [4.78, 5) is 0. The van der Waals surface area contributed by atoms with Gasteiger partial charge in [-0.05, 0) is 89.0 Å². The van der Waals surface area contributed by atoms with Gasteiger partial charge >= 0.3 is 17.1 Å². The molecule has 0 spiro atoms. The van der Waals surface area contributed by atoms with Gasteiger partial charge in [0, 0.05) is 22.7 Å². The van der Waals surface area contributed by atoms with Crippen LogP contribution < -0.4 is 5.32 Å². The largest absolute Gasteiger partial charge is 2.00 e. The number of anilines is 1. The van der Waals surface area contributed by atoms with Crippen LogP contribution in [-0.4, -0.2) is 6.04 Å². The second-order valence-electron chi connectivity index (χ2n) is 4.55. The van der Waals surface area contributed by atoms with E-state index >= 15 is 0 Å². The summed E-state index contributed by atoms with van der Waals surface area (Å²) in [5, 5.41) is 4.18. The van der Waals surface area contributed by atoms with Crippen molar-refractivity contribution in [3.63, 3.8) is 0 Å². The van der Waals surface area contributed by atoms with Gasteiger partial charge in [-0.25, -0.2) is 0 Å². The van der Waals surface area contributed by atoms with E-state index in [9.17, 15) is 0 Å². The third kappa shape index (κ3) is 7.08. The molecule has 1 N–H and O–H groups in total. The van der Waals surface area contributed by atoms with Crippen molar-refractivity contribution in [3.8, 4) is 0 Å². The van der Waals surface area contributed by atoms with E-state index in [4.69, 9.17) is 11.6 Å². The zero-order valence-corrected chi connectivity index (χ0v) is 13.7. The molecule has 3 heteroatoms. The molecule has 3 rings (SSSR count). The summed E-state index contributed by atoms with van der Waals surface area (Å²) in [6.45, 7) is 2.14. The van der Waals surface area contributed by atoms with Gasteiger partial charge < -0.3 is 5.32 Å². The van der Waals surface area contributed by atoms with Crippen LogP contribution >= 0.6 is 11.6 Å². The number of hydrogen-bond acceptors (Lipinski definition) is 1. The minimum Gasteiger partial charge on any atom is -0.382 e. The van der Waals surface area contributed by atoms with E-state index in [2.05, 4.69) is 37.9 Å². The Morgan fingerprint density at radius 2 is 1.29 bits per heavy atom. The number of hydrogen-bond donors (Lipinski definition) is 1. The zero-order chi connectivity index (χ0) is 14.2. The van der Waals surface area contributed by atoms with Gasteiger partial charge in [-0.3, -0.25) is 0 Å². The fourth-order valence-corrected chi connectivity index (χ4v) is 2.00. The first-order chi connectivity index (χ1) is 9.75. The molecule has 1 nitrogen and oxygen atoms in total. The Morgan fingerprint density at radius 1 is 0.810 bits per heavy atom. The summed E-state index contributed by atoms with van der Waals surface area (Å²) in [6, 6.07) is 8.08. The Balaban J connectivity index is 0.000000313. The second kappa shape index (κ2) is 10.5. The predicted octanol–water partition coefficient (Wildman–Crippen LogP) is 4.56. The van der Waals surface area contributed by atoms with Gasteiger partial charge in [0.2, 0.25) is 0 Å². The van der Waals surface area contributed by atoms with E-state index in [0.29, 0.717) is 6.04 Å². The Bertz CT molecular complexity index is 362. The van der Waals surface area contributed by atoms with Gasteiger partial charge in [0.15, 0.2) is 0 Å². The van der Waals surface area contributed by atoms with Crippen molar-refractivity contribution in [3.05, 3.63) is 93.0 Å². The molecule has 2 aliphatic carbocycles. The number of nitrogens with one attached hydrogen (secondary N) is 1. The van der Waals surface area contributed by atoms with E-state index in [1.165, 1.54) is 5.92 Å². The first-order valence-corrected chi connectivity index (χ1v) is 7.04. The summed E-state index contributed by atoms with van der Waals surface area (Å²) in [6.07, 6.45) is 18.3. The maximum Gasteiger partial charge on any atom is 2.00 e. The molecule has 0 heterocycles. The predicted molar refractivity (Wildman–Crippen MR) is 86.5 cm³/mol. The van der Waals surface area contributed by atoms with E-state index < -0.39 is 0 Å². The standard InChI is InChI=1S/C13H13ClN.C5H5.Fe/c1-10(11-4-2-3-5-11)15-13-8-6-12(14)7-9-13;1-2-4-5-3-1;/h2-10,15H,1H3;1-5H;/q;;+2. The summed E-state index contributed by atoms with van der Waals surface area (Å²) >= 11 is 5.82. The molecule has 2 aliphatic rings. The van der Waals surface area contributed by atoms with Crippen LogP contribution in [0, 0.1) is 63.7 Å². The molecule has 0 aliphatic heterocycles. The molecule has 1 atom stereocenters. The molecule has 2 saturated carbocycles. The molecule has 0 amide bonds. The number of halogens is 1. The van der Waals surface area contributed by atoms with Gasteiger partial charge in [-0.2, -0.15) is 0 Å². The van der Waals surface area contributed by atoms with E-state index in [1.807, 2.05) is 56.4 Å². The second-order valence-corrected chi connectivity index (χ2v) is 4.99. The Labute approximate surface area is 145 Å². The maximum atomic E-state index is 5.82. The first kappa shape index (κ1) is 18.9. The Morgan fingerprint density at radius 3 is 1.76 bits per heavy atom. The van der Waals surface area contributed by atoms with E-state index in [-0.39, 0.29) is 17.1 Å². The molecule has 1 aromatic carbocycles. The summed E-state index contributed by atoms with van der Waals surface area (Å²) in [7, 11) is 0. The first-order valence-electron chi connectivity index (χ1n) is 6.66. The molecule has 0 saturated heterocycles. The molecule has 0 aromatic heterocycles. The molecule has 2 fully saturated rings. The van der Waals surface area contributed by atoms with Crippen molar-refractivity contribution in [2.24, 2.45) is 0 Å². The van der Waals surface area contributed by atoms with Crippen molar-refractivity contribution in [1.29, 1.82) is 0 Å². The van der Waals surface area contributed by atoms with Crippen LogP contribution in [-0.2, 0) is 17.1 Å². The van der Waals surface area contributed by atoms with Crippen LogP contribution in [0.15, 0.2) is 24.3 Å². The fraction of sp³-hybridized carbons (Fsp3) is 0.111. The van der Waals surface area contributed by atoms with Crippen molar-refractivity contribution in [1.82, 2.24) is 0 Å². The topological polar surface area (TPSA) is 12.0 Å². The minimum absolute atomic E-state index is 0. The van der Waals surface area contributed by atoms with Gasteiger partial charge in [-0.15, -0.1) is 0 Å². The average Bonchev–Trinajstić information content (AvgIpc) is 3.17. The van der Waals surface area contributed by atoms with Crippen LogP contribution in [0.4, 0.5) is 5.69 Å². The molecular weight excluding hydrogens is 322 g/mol.